The Morgan fingerprint density at radius 3 is 2.56 bits per heavy atom. The van der Waals surface area contributed by atoms with Crippen molar-refractivity contribution in [2.45, 2.75) is 34.1 Å². The van der Waals surface area contributed by atoms with Crippen molar-refractivity contribution in [3.63, 3.8) is 0 Å². The summed E-state index contributed by atoms with van der Waals surface area (Å²) in [6.07, 6.45) is 8.04. The molecular formula is C13H22N2O. The van der Waals surface area contributed by atoms with E-state index in [4.69, 9.17) is 0 Å². The third-order valence-electron chi connectivity index (χ3n) is 2.16. The number of nitrogens with zero attached hydrogens (tertiary/aromatic N) is 2. The fraction of sp³-hybridized carbons (Fsp3) is 0.462. The van der Waals surface area contributed by atoms with E-state index in [0.29, 0.717) is 0 Å². The molecule has 1 aliphatic rings. The van der Waals surface area contributed by atoms with Crippen molar-refractivity contribution in [3.8, 4) is 0 Å². The SMILES string of the molecule is C=CN1C(=O)C(CC)=CCN1/C=C\C.CC. The van der Waals surface area contributed by atoms with Crippen molar-refractivity contribution in [1.29, 1.82) is 0 Å². The minimum atomic E-state index is 0.0202. The molecule has 3 nitrogen and oxygen atoms in total. The minimum Gasteiger partial charge on any atom is -0.282 e. The Morgan fingerprint density at radius 2 is 2.12 bits per heavy atom. The Bertz CT molecular complexity index is 292. The highest BCUT2D eigenvalue weighted by Gasteiger charge is 2.22. The molecule has 0 saturated heterocycles. The van der Waals surface area contributed by atoms with Crippen LogP contribution in [0.1, 0.15) is 34.1 Å². The molecule has 0 aromatic heterocycles. The number of carbonyl (C=O) groups excluding carboxylic acids is 1. The zero-order valence-corrected chi connectivity index (χ0v) is 10.7. The van der Waals surface area contributed by atoms with E-state index < -0.39 is 0 Å². The lowest BCUT2D eigenvalue weighted by Gasteiger charge is -2.34. The number of hydrogen-bond acceptors (Lipinski definition) is 2. The van der Waals surface area contributed by atoms with Crippen LogP contribution in [0.15, 0.2) is 36.7 Å². The van der Waals surface area contributed by atoms with Crippen LogP contribution in [0.3, 0.4) is 0 Å². The second-order valence-corrected chi connectivity index (χ2v) is 3.02. The first-order chi connectivity index (χ1) is 7.74. The fourth-order valence-corrected chi connectivity index (χ4v) is 1.43. The molecule has 1 heterocycles. The Hall–Kier alpha value is -1.51. The van der Waals surface area contributed by atoms with Crippen LogP contribution in [0.25, 0.3) is 0 Å². The van der Waals surface area contributed by atoms with Crippen LogP contribution in [0.5, 0.6) is 0 Å². The van der Waals surface area contributed by atoms with Crippen molar-refractivity contribution < 1.29 is 4.79 Å². The zero-order valence-electron chi connectivity index (χ0n) is 10.7. The molecule has 0 spiro atoms. The minimum absolute atomic E-state index is 0.0202. The van der Waals surface area contributed by atoms with Gasteiger partial charge in [0.05, 0.1) is 6.54 Å². The predicted octanol–water partition coefficient (Wildman–Crippen LogP) is 3.09. The van der Waals surface area contributed by atoms with Gasteiger partial charge in [0.15, 0.2) is 0 Å². The van der Waals surface area contributed by atoms with Crippen LogP contribution < -0.4 is 0 Å². The molecule has 0 saturated carbocycles. The highest BCUT2D eigenvalue weighted by molar-refractivity contribution is 5.94. The standard InChI is InChI=1S/C11H16N2O.C2H6/c1-4-8-12-9-7-10(5-2)11(14)13(12)6-3;1-2/h4,6-8H,3,5,9H2,1-2H3;1-2H3/b8-4-;. The van der Waals surface area contributed by atoms with Gasteiger partial charge in [-0.25, -0.2) is 5.01 Å². The molecule has 0 aromatic carbocycles. The van der Waals surface area contributed by atoms with Crippen LogP contribution >= 0.6 is 0 Å². The molecular weight excluding hydrogens is 200 g/mol. The molecule has 0 radical (unpaired) electrons. The van der Waals surface area contributed by atoms with Crippen molar-refractivity contribution in [3.05, 3.63) is 36.7 Å². The molecule has 0 fully saturated rings. The average molecular weight is 222 g/mol. The van der Waals surface area contributed by atoms with Crippen LogP contribution in [0.4, 0.5) is 0 Å². The smallest absolute Gasteiger partial charge is 0.272 e. The maximum absolute atomic E-state index is 11.8. The van der Waals surface area contributed by atoms with Gasteiger partial charge in [-0.1, -0.05) is 39.5 Å². The monoisotopic (exact) mass is 222 g/mol. The number of rotatable bonds is 3. The first kappa shape index (κ1) is 14.5. The number of hydrogen-bond donors (Lipinski definition) is 0. The summed E-state index contributed by atoms with van der Waals surface area (Å²) in [5.74, 6) is 0.0202. The van der Waals surface area contributed by atoms with E-state index in [2.05, 4.69) is 6.58 Å². The van der Waals surface area contributed by atoms with Gasteiger partial charge in [0.25, 0.3) is 5.91 Å². The summed E-state index contributed by atoms with van der Waals surface area (Å²) in [7, 11) is 0. The molecule has 0 bridgehead atoms. The van der Waals surface area contributed by atoms with Gasteiger partial charge in [-0.2, -0.15) is 0 Å². The van der Waals surface area contributed by atoms with Crippen molar-refractivity contribution >= 4 is 5.91 Å². The molecule has 1 amide bonds. The van der Waals surface area contributed by atoms with E-state index >= 15 is 0 Å². The third-order valence-corrected chi connectivity index (χ3v) is 2.16. The molecule has 0 N–H and O–H groups in total. The number of amides is 1. The number of hydrazine groups is 1. The lowest BCUT2D eigenvalue weighted by Crippen LogP contribution is -2.43. The highest BCUT2D eigenvalue weighted by Crippen LogP contribution is 2.15. The lowest BCUT2D eigenvalue weighted by atomic mass is 10.1. The maximum Gasteiger partial charge on any atom is 0.272 e. The Kier molecular flexibility index (Phi) is 7.01. The van der Waals surface area contributed by atoms with Crippen LogP contribution in [-0.2, 0) is 4.79 Å². The maximum atomic E-state index is 11.8. The van der Waals surface area contributed by atoms with E-state index in [0.717, 1.165) is 18.5 Å². The van der Waals surface area contributed by atoms with Gasteiger partial charge >= 0.3 is 0 Å². The molecule has 1 rings (SSSR count). The fourth-order valence-electron chi connectivity index (χ4n) is 1.43. The molecule has 0 aromatic rings. The topological polar surface area (TPSA) is 23.6 Å². The van der Waals surface area contributed by atoms with Crippen LogP contribution in [-0.4, -0.2) is 22.5 Å². The molecule has 16 heavy (non-hydrogen) atoms. The van der Waals surface area contributed by atoms with E-state index in [-0.39, 0.29) is 5.91 Å². The summed E-state index contributed by atoms with van der Waals surface area (Å²) in [5.41, 5.74) is 0.852. The van der Waals surface area contributed by atoms with Crippen molar-refractivity contribution in [2.24, 2.45) is 0 Å². The largest absolute Gasteiger partial charge is 0.282 e. The summed E-state index contributed by atoms with van der Waals surface area (Å²) in [4.78, 5) is 11.8. The lowest BCUT2D eigenvalue weighted by molar-refractivity contribution is -0.135. The van der Waals surface area contributed by atoms with Gasteiger partial charge in [0.2, 0.25) is 0 Å². The van der Waals surface area contributed by atoms with Gasteiger partial charge in [-0.15, -0.1) is 0 Å². The van der Waals surface area contributed by atoms with Crippen molar-refractivity contribution in [2.75, 3.05) is 6.54 Å². The second kappa shape index (κ2) is 7.74. The Morgan fingerprint density at radius 1 is 1.50 bits per heavy atom. The van der Waals surface area contributed by atoms with Crippen LogP contribution in [0, 0.1) is 0 Å². The molecule has 90 valence electrons. The van der Waals surface area contributed by atoms with Gasteiger partial charge in [-0.3, -0.25) is 9.80 Å². The van der Waals surface area contributed by atoms with E-state index in [1.165, 1.54) is 0 Å². The summed E-state index contributed by atoms with van der Waals surface area (Å²) < 4.78 is 0. The van der Waals surface area contributed by atoms with E-state index in [9.17, 15) is 4.79 Å². The van der Waals surface area contributed by atoms with Crippen molar-refractivity contribution in [1.82, 2.24) is 10.0 Å². The molecule has 0 aliphatic carbocycles. The summed E-state index contributed by atoms with van der Waals surface area (Å²) in [5, 5.41) is 3.37. The quantitative estimate of drug-likeness (QED) is 0.732. The second-order valence-electron chi connectivity index (χ2n) is 3.02. The van der Waals surface area contributed by atoms with Gasteiger partial charge < -0.3 is 0 Å². The summed E-state index contributed by atoms with van der Waals surface area (Å²) >= 11 is 0. The molecule has 0 unspecified atom stereocenters. The van der Waals surface area contributed by atoms with Gasteiger partial charge in [0, 0.05) is 18.0 Å². The molecule has 0 atom stereocenters. The highest BCUT2D eigenvalue weighted by atomic mass is 16.2. The Balaban J connectivity index is 0.00000106. The van der Waals surface area contributed by atoms with Crippen LogP contribution in [0.2, 0.25) is 0 Å². The normalized spacial score (nSPS) is 15.8. The third kappa shape index (κ3) is 3.26. The first-order valence-electron chi connectivity index (χ1n) is 5.79. The number of carbonyl (C=O) groups is 1. The summed E-state index contributed by atoms with van der Waals surface area (Å²) in [6, 6.07) is 0. The van der Waals surface area contributed by atoms with E-state index in [1.54, 1.807) is 11.2 Å². The Labute approximate surface area is 98.7 Å². The van der Waals surface area contributed by atoms with E-state index in [1.807, 2.05) is 51.1 Å². The summed E-state index contributed by atoms with van der Waals surface area (Å²) in [6.45, 7) is 12.3. The predicted molar refractivity (Wildman–Crippen MR) is 68.3 cm³/mol. The van der Waals surface area contributed by atoms with Gasteiger partial charge in [0.1, 0.15) is 0 Å². The number of allylic oxidation sites excluding steroid dienone is 1. The zero-order chi connectivity index (χ0) is 12.6. The average Bonchev–Trinajstić information content (AvgIpc) is 2.33. The first-order valence-corrected chi connectivity index (χ1v) is 5.79. The molecule has 1 aliphatic heterocycles. The molecule has 3 heteroatoms. The van der Waals surface area contributed by atoms with Gasteiger partial charge in [-0.05, 0) is 13.3 Å².